The second-order valence-electron chi connectivity index (χ2n) is 8.30. The van der Waals surface area contributed by atoms with Crippen LogP contribution in [0.3, 0.4) is 0 Å². The molecule has 0 unspecified atom stereocenters. The fraction of sp³-hybridized carbons (Fsp3) is 0.148. The number of rotatable bonds is 9. The lowest BCUT2D eigenvalue weighted by Crippen LogP contribution is -2.27. The molecule has 38 heavy (non-hydrogen) atoms. The predicted molar refractivity (Wildman–Crippen MR) is 143 cm³/mol. The van der Waals surface area contributed by atoms with Gasteiger partial charge in [-0.25, -0.2) is 0 Å². The smallest absolute Gasteiger partial charge is 0.293 e. The van der Waals surface area contributed by atoms with Crippen molar-refractivity contribution in [3.8, 4) is 11.5 Å². The maximum Gasteiger partial charge on any atom is 0.293 e. The first-order chi connectivity index (χ1) is 18.2. The minimum atomic E-state index is -0.516. The Morgan fingerprint density at radius 2 is 1.76 bits per heavy atom. The highest BCUT2D eigenvalue weighted by Crippen LogP contribution is 2.35. The lowest BCUT2D eigenvalue weighted by atomic mass is 10.1. The molecule has 11 heteroatoms. The predicted octanol–water partition coefficient (Wildman–Crippen LogP) is 5.17. The van der Waals surface area contributed by atoms with Gasteiger partial charge in [0.25, 0.3) is 22.7 Å². The van der Waals surface area contributed by atoms with E-state index in [0.29, 0.717) is 28.3 Å². The Labute approximate surface area is 222 Å². The Hall–Kier alpha value is -4.64. The number of carbonyl (C=O) groups is 3. The van der Waals surface area contributed by atoms with Crippen LogP contribution < -0.4 is 14.8 Å². The van der Waals surface area contributed by atoms with Gasteiger partial charge in [0.1, 0.15) is 0 Å². The van der Waals surface area contributed by atoms with E-state index in [4.69, 9.17) is 9.47 Å². The number of imide groups is 1. The van der Waals surface area contributed by atoms with E-state index in [0.717, 1.165) is 22.2 Å². The normalized spacial score (nSPS) is 14.1. The van der Waals surface area contributed by atoms with Crippen LogP contribution in [0.15, 0.2) is 71.6 Å². The Kier molecular flexibility index (Phi) is 8.07. The number of nitro benzene ring substituents is 1. The van der Waals surface area contributed by atoms with Gasteiger partial charge >= 0.3 is 0 Å². The Morgan fingerprint density at radius 1 is 1.05 bits per heavy atom. The highest BCUT2D eigenvalue weighted by atomic mass is 32.2. The lowest BCUT2D eigenvalue weighted by Gasteiger charge is -2.12. The molecular formula is C27H23N3O7S. The molecule has 1 N–H and O–H groups in total. The van der Waals surface area contributed by atoms with Crippen LogP contribution in [-0.4, -0.2) is 40.6 Å². The lowest BCUT2D eigenvalue weighted by molar-refractivity contribution is -0.384. The topological polar surface area (TPSA) is 128 Å². The molecule has 10 nitrogen and oxygen atoms in total. The number of amides is 3. The molecule has 3 amide bonds. The summed E-state index contributed by atoms with van der Waals surface area (Å²) in [5.41, 5.74) is 2.86. The maximum absolute atomic E-state index is 12.9. The average Bonchev–Trinajstić information content (AvgIpc) is 3.16. The second-order valence-corrected chi connectivity index (χ2v) is 9.30. The number of aryl methyl sites for hydroxylation is 1. The Bertz CT molecular complexity index is 1420. The summed E-state index contributed by atoms with van der Waals surface area (Å²) in [4.78, 5) is 49.2. The first-order valence-corrected chi connectivity index (χ1v) is 12.2. The fourth-order valence-electron chi connectivity index (χ4n) is 3.56. The van der Waals surface area contributed by atoms with Crippen LogP contribution in [-0.2, 0) is 16.1 Å². The minimum Gasteiger partial charge on any atom is -0.493 e. The van der Waals surface area contributed by atoms with E-state index in [1.807, 2.05) is 19.1 Å². The Balaban J connectivity index is 1.40. The van der Waals surface area contributed by atoms with E-state index in [1.165, 1.54) is 31.4 Å². The number of hydrogen-bond donors (Lipinski definition) is 1. The summed E-state index contributed by atoms with van der Waals surface area (Å²) in [6.07, 6.45) is 1.57. The maximum atomic E-state index is 12.9. The van der Waals surface area contributed by atoms with Crippen molar-refractivity contribution in [1.82, 2.24) is 4.90 Å². The van der Waals surface area contributed by atoms with E-state index < -0.39 is 16.1 Å². The highest BCUT2D eigenvalue weighted by Gasteiger charge is 2.35. The van der Waals surface area contributed by atoms with Crippen molar-refractivity contribution in [3.63, 3.8) is 0 Å². The van der Waals surface area contributed by atoms with E-state index in [-0.39, 0.29) is 29.7 Å². The Morgan fingerprint density at radius 3 is 2.42 bits per heavy atom. The zero-order valence-corrected chi connectivity index (χ0v) is 21.3. The number of benzene rings is 3. The summed E-state index contributed by atoms with van der Waals surface area (Å²) < 4.78 is 11.0. The molecule has 0 aliphatic carbocycles. The van der Waals surface area contributed by atoms with Crippen molar-refractivity contribution in [2.75, 3.05) is 19.0 Å². The summed E-state index contributed by atoms with van der Waals surface area (Å²) >= 11 is 0.803. The first-order valence-electron chi connectivity index (χ1n) is 11.4. The van der Waals surface area contributed by atoms with Crippen LogP contribution in [0.25, 0.3) is 6.08 Å². The van der Waals surface area contributed by atoms with Crippen LogP contribution in [0.5, 0.6) is 11.5 Å². The molecular weight excluding hydrogens is 510 g/mol. The molecule has 0 spiro atoms. The van der Waals surface area contributed by atoms with E-state index in [1.54, 1.807) is 36.4 Å². The van der Waals surface area contributed by atoms with Crippen LogP contribution in [0.2, 0.25) is 0 Å². The summed E-state index contributed by atoms with van der Waals surface area (Å²) in [6.45, 7) is 1.73. The molecule has 0 bridgehead atoms. The molecule has 1 fully saturated rings. The SMILES string of the molecule is COc1cc(/C=C2\SC(=O)N(Cc3ccc([N+](=O)[O-])cc3)C2=O)ccc1OCC(=O)Nc1ccc(C)cc1. The molecule has 3 aromatic rings. The minimum absolute atomic E-state index is 0.000747. The van der Waals surface area contributed by atoms with Crippen molar-refractivity contribution >= 4 is 46.3 Å². The summed E-state index contributed by atoms with van der Waals surface area (Å²) in [5, 5.41) is 13.1. The van der Waals surface area contributed by atoms with Gasteiger partial charge in [0, 0.05) is 17.8 Å². The number of ether oxygens (including phenoxy) is 2. The standard InChI is InChI=1S/C27H23N3O7S/c1-17-3-8-20(9-4-17)28-25(31)16-37-22-12-7-19(13-23(22)36-2)14-24-26(32)29(27(33)38-24)15-18-5-10-21(11-6-18)30(34)35/h3-14H,15-16H2,1-2H3,(H,28,31)/b24-14-. The number of carbonyl (C=O) groups excluding carboxylic acids is 3. The molecule has 194 valence electrons. The fourth-order valence-corrected chi connectivity index (χ4v) is 4.40. The number of anilines is 1. The van der Waals surface area contributed by atoms with Crippen LogP contribution in [0.1, 0.15) is 16.7 Å². The third-order valence-electron chi connectivity index (χ3n) is 5.54. The largest absolute Gasteiger partial charge is 0.493 e. The molecule has 1 aliphatic rings. The van der Waals surface area contributed by atoms with E-state index >= 15 is 0 Å². The number of methoxy groups -OCH3 is 1. The van der Waals surface area contributed by atoms with Crippen molar-refractivity contribution in [2.45, 2.75) is 13.5 Å². The molecule has 0 radical (unpaired) electrons. The number of non-ortho nitro benzene ring substituents is 1. The quantitative estimate of drug-likeness (QED) is 0.227. The molecule has 1 aliphatic heterocycles. The van der Waals surface area contributed by atoms with Crippen LogP contribution in [0, 0.1) is 17.0 Å². The van der Waals surface area contributed by atoms with Gasteiger partial charge in [-0.3, -0.25) is 29.4 Å². The van der Waals surface area contributed by atoms with Gasteiger partial charge in [-0.05, 0) is 60.2 Å². The summed E-state index contributed by atoms with van der Waals surface area (Å²) in [7, 11) is 1.45. The zero-order valence-electron chi connectivity index (χ0n) is 20.5. The van der Waals surface area contributed by atoms with E-state index in [2.05, 4.69) is 5.32 Å². The second kappa shape index (κ2) is 11.6. The molecule has 0 aromatic heterocycles. The number of nitrogens with one attached hydrogen (secondary N) is 1. The number of nitro groups is 1. The molecule has 0 saturated carbocycles. The van der Waals surface area contributed by atoms with Crippen LogP contribution >= 0.6 is 11.8 Å². The van der Waals surface area contributed by atoms with Crippen molar-refractivity contribution in [3.05, 3.63) is 98.4 Å². The number of thioether (sulfide) groups is 1. The zero-order chi connectivity index (χ0) is 27.2. The number of nitrogens with zero attached hydrogens (tertiary/aromatic N) is 2. The molecule has 4 rings (SSSR count). The molecule has 1 saturated heterocycles. The van der Waals surface area contributed by atoms with Crippen LogP contribution in [0.4, 0.5) is 16.2 Å². The van der Waals surface area contributed by atoms with Gasteiger partial charge in [-0.15, -0.1) is 0 Å². The third kappa shape index (κ3) is 6.37. The summed E-state index contributed by atoms with van der Waals surface area (Å²) in [6, 6.07) is 18.0. The average molecular weight is 534 g/mol. The molecule has 0 atom stereocenters. The van der Waals surface area contributed by atoms with Crippen molar-refractivity contribution < 1.29 is 28.8 Å². The molecule has 1 heterocycles. The first kappa shape index (κ1) is 26.4. The van der Waals surface area contributed by atoms with Gasteiger partial charge in [-0.2, -0.15) is 0 Å². The van der Waals surface area contributed by atoms with E-state index in [9.17, 15) is 24.5 Å². The van der Waals surface area contributed by atoms with Gasteiger partial charge in [0.05, 0.1) is 23.5 Å². The number of hydrogen-bond acceptors (Lipinski definition) is 8. The highest BCUT2D eigenvalue weighted by molar-refractivity contribution is 8.18. The summed E-state index contributed by atoms with van der Waals surface area (Å²) in [5.74, 6) is -0.103. The van der Waals surface area contributed by atoms with Gasteiger partial charge in [0.2, 0.25) is 0 Å². The monoisotopic (exact) mass is 533 g/mol. The van der Waals surface area contributed by atoms with Crippen molar-refractivity contribution in [2.24, 2.45) is 0 Å². The third-order valence-corrected chi connectivity index (χ3v) is 6.45. The van der Waals surface area contributed by atoms with Gasteiger partial charge in [0.15, 0.2) is 18.1 Å². The molecule has 3 aromatic carbocycles. The van der Waals surface area contributed by atoms with Crippen molar-refractivity contribution in [1.29, 1.82) is 0 Å². The van der Waals surface area contributed by atoms with Gasteiger partial charge < -0.3 is 14.8 Å². The van der Waals surface area contributed by atoms with Gasteiger partial charge in [-0.1, -0.05) is 35.9 Å².